The van der Waals surface area contributed by atoms with E-state index >= 15 is 0 Å². The number of hydrogen-bond acceptors (Lipinski definition) is 3. The summed E-state index contributed by atoms with van der Waals surface area (Å²) in [7, 11) is 0. The van der Waals surface area contributed by atoms with Gasteiger partial charge in [0.05, 0.1) is 9.61 Å². The summed E-state index contributed by atoms with van der Waals surface area (Å²) in [5.74, 6) is 0. The number of aromatic nitrogens is 3. The van der Waals surface area contributed by atoms with Crippen LogP contribution < -0.4 is 0 Å². The summed E-state index contributed by atoms with van der Waals surface area (Å²) in [6.45, 7) is 2.80. The van der Waals surface area contributed by atoms with E-state index in [1.165, 1.54) is 9.58 Å². The molecule has 1 aliphatic heterocycles. The Morgan fingerprint density at radius 1 is 1.42 bits per heavy atom. The lowest BCUT2D eigenvalue weighted by Gasteiger charge is -2.58. The molecule has 1 spiro atoms. The number of alkyl halides is 2. The molecule has 2 aromatic heterocycles. The highest BCUT2D eigenvalue weighted by atomic mass is 127. The van der Waals surface area contributed by atoms with Gasteiger partial charge in [0.1, 0.15) is 11.4 Å². The van der Waals surface area contributed by atoms with Crippen molar-refractivity contribution in [3.8, 4) is 11.3 Å². The molecule has 2 fully saturated rings. The normalized spacial score (nSPS) is 18.9. The van der Waals surface area contributed by atoms with E-state index in [-0.39, 0.29) is 17.2 Å². The zero-order valence-corrected chi connectivity index (χ0v) is 16.2. The number of hydrogen-bond donors (Lipinski definition) is 1. The van der Waals surface area contributed by atoms with Crippen LogP contribution in [0, 0.1) is 15.9 Å². The number of halogens is 3. The lowest BCUT2D eigenvalue weighted by molar-refractivity contribution is -0.0792. The Labute approximate surface area is 162 Å². The number of aryl methyl sites for hydroxylation is 1. The molecule has 0 bridgehead atoms. The van der Waals surface area contributed by atoms with E-state index in [0.29, 0.717) is 35.2 Å². The van der Waals surface area contributed by atoms with Crippen molar-refractivity contribution >= 4 is 28.7 Å². The fourth-order valence-electron chi connectivity index (χ4n) is 4.08. The van der Waals surface area contributed by atoms with E-state index in [1.54, 1.807) is 12.3 Å². The van der Waals surface area contributed by atoms with Crippen molar-refractivity contribution in [1.29, 1.82) is 0 Å². The van der Waals surface area contributed by atoms with Crippen LogP contribution in [-0.2, 0) is 0 Å². The van der Waals surface area contributed by atoms with Crippen LogP contribution in [-0.4, -0.2) is 44.0 Å². The molecular weight excluding hydrogens is 457 g/mol. The van der Waals surface area contributed by atoms with Crippen molar-refractivity contribution in [2.75, 3.05) is 13.1 Å². The third-order valence-corrected chi connectivity index (χ3v) is 6.43. The predicted molar refractivity (Wildman–Crippen MR) is 98.2 cm³/mol. The average Bonchev–Trinajstić information content (AvgIpc) is 2.82. The molecule has 1 amide bonds. The smallest absolute Gasteiger partial charge is 0.407 e. The van der Waals surface area contributed by atoms with Crippen LogP contribution in [0.25, 0.3) is 11.3 Å². The molecule has 0 unspecified atom stereocenters. The van der Waals surface area contributed by atoms with Crippen molar-refractivity contribution in [3.05, 3.63) is 33.3 Å². The van der Waals surface area contributed by atoms with Gasteiger partial charge in [0.15, 0.2) is 0 Å². The summed E-state index contributed by atoms with van der Waals surface area (Å²) < 4.78 is 29.4. The summed E-state index contributed by atoms with van der Waals surface area (Å²) in [6.07, 6.45) is -0.514. The van der Waals surface area contributed by atoms with Gasteiger partial charge in [0.2, 0.25) is 0 Å². The van der Waals surface area contributed by atoms with Gasteiger partial charge in [-0.15, -0.1) is 0 Å². The first-order chi connectivity index (χ1) is 12.3. The summed E-state index contributed by atoms with van der Waals surface area (Å²) in [4.78, 5) is 16.5. The molecule has 0 radical (unpaired) electrons. The fourth-order valence-corrected chi connectivity index (χ4v) is 4.96. The van der Waals surface area contributed by atoms with Crippen LogP contribution in [0.15, 0.2) is 18.3 Å². The minimum Gasteiger partial charge on any atom is -0.465 e. The van der Waals surface area contributed by atoms with E-state index < -0.39 is 12.5 Å². The van der Waals surface area contributed by atoms with Crippen molar-refractivity contribution in [3.63, 3.8) is 0 Å². The minimum atomic E-state index is -2.62. The number of nitrogens with zero attached hydrogens (tertiary/aromatic N) is 4. The van der Waals surface area contributed by atoms with E-state index in [9.17, 15) is 13.6 Å². The first-order valence-electron chi connectivity index (χ1n) is 8.27. The molecule has 26 heavy (non-hydrogen) atoms. The number of amides is 1. The monoisotopic (exact) mass is 474 g/mol. The Balaban J connectivity index is 1.63. The first-order valence-corrected chi connectivity index (χ1v) is 9.35. The molecule has 4 rings (SSSR count). The molecule has 1 aliphatic carbocycles. The van der Waals surface area contributed by atoms with Crippen LogP contribution in [0.2, 0.25) is 0 Å². The summed E-state index contributed by atoms with van der Waals surface area (Å²) in [5.41, 5.74) is 1.92. The van der Waals surface area contributed by atoms with Gasteiger partial charge < -0.3 is 10.0 Å². The molecule has 1 saturated carbocycles. The van der Waals surface area contributed by atoms with Gasteiger partial charge in [0.25, 0.3) is 6.43 Å². The second-order valence-electron chi connectivity index (χ2n) is 7.13. The van der Waals surface area contributed by atoms with Crippen LogP contribution in [0.1, 0.15) is 36.7 Å². The highest BCUT2D eigenvalue weighted by Crippen LogP contribution is 2.55. The van der Waals surface area contributed by atoms with Crippen molar-refractivity contribution in [2.24, 2.45) is 5.41 Å². The zero-order valence-electron chi connectivity index (χ0n) is 14.0. The average molecular weight is 474 g/mol. The first kappa shape index (κ1) is 17.6. The second kappa shape index (κ2) is 6.14. The molecule has 2 aliphatic rings. The molecule has 3 heterocycles. The van der Waals surface area contributed by atoms with Crippen molar-refractivity contribution < 1.29 is 18.7 Å². The molecule has 2 aromatic rings. The molecule has 6 nitrogen and oxygen atoms in total. The quantitative estimate of drug-likeness (QED) is 0.680. The maximum Gasteiger partial charge on any atom is 0.407 e. The Morgan fingerprint density at radius 2 is 2.12 bits per heavy atom. The number of likely N-dealkylation sites (tertiary alicyclic amines) is 1. The maximum absolute atomic E-state index is 13.7. The van der Waals surface area contributed by atoms with Gasteiger partial charge in [-0.05, 0) is 54.5 Å². The number of carboxylic acid groups (broad SMARTS) is 1. The SMILES string of the molecule is Cc1ncccc1-c1nn(C2CC3(C2)CN(C(=O)O)C3)c(C(F)F)c1I. The molecule has 1 N–H and O–H groups in total. The van der Waals surface area contributed by atoms with Gasteiger partial charge in [-0.2, -0.15) is 5.10 Å². The number of pyridine rings is 1. The number of carbonyl (C=O) groups is 1. The summed E-state index contributed by atoms with van der Waals surface area (Å²) >= 11 is 1.94. The van der Waals surface area contributed by atoms with Gasteiger partial charge in [-0.1, -0.05) is 0 Å². The van der Waals surface area contributed by atoms with Crippen LogP contribution in [0.3, 0.4) is 0 Å². The second-order valence-corrected chi connectivity index (χ2v) is 8.21. The zero-order chi connectivity index (χ0) is 18.6. The van der Waals surface area contributed by atoms with E-state index in [1.807, 2.05) is 35.6 Å². The highest BCUT2D eigenvalue weighted by Gasteiger charge is 2.55. The van der Waals surface area contributed by atoms with Gasteiger partial charge in [0, 0.05) is 36.0 Å². The lowest BCUT2D eigenvalue weighted by atomic mass is 9.61. The van der Waals surface area contributed by atoms with Crippen LogP contribution >= 0.6 is 22.6 Å². The molecule has 1 saturated heterocycles. The fraction of sp³-hybridized carbons (Fsp3) is 0.471. The Morgan fingerprint density at radius 3 is 2.69 bits per heavy atom. The highest BCUT2D eigenvalue weighted by molar-refractivity contribution is 14.1. The van der Waals surface area contributed by atoms with Gasteiger partial charge in [-0.25, -0.2) is 13.6 Å². The summed E-state index contributed by atoms with van der Waals surface area (Å²) in [6, 6.07) is 3.49. The standard InChI is InChI=1S/C17H17F2IN4O2/c1-9-11(3-2-4-21-9)13-12(20)14(15(18)19)24(22-13)10-5-17(6-10)7-23(8-17)16(25)26/h2-4,10,15H,5-8H2,1H3,(H,25,26). The van der Waals surface area contributed by atoms with Gasteiger partial charge >= 0.3 is 6.09 Å². The third kappa shape index (κ3) is 2.67. The molecule has 9 heteroatoms. The Kier molecular flexibility index (Phi) is 4.16. The van der Waals surface area contributed by atoms with E-state index in [0.717, 1.165) is 11.3 Å². The van der Waals surface area contributed by atoms with Crippen LogP contribution in [0.5, 0.6) is 0 Å². The van der Waals surface area contributed by atoms with E-state index in [4.69, 9.17) is 5.11 Å². The van der Waals surface area contributed by atoms with Crippen molar-refractivity contribution in [1.82, 2.24) is 19.7 Å². The summed E-state index contributed by atoms with van der Waals surface area (Å²) in [5, 5.41) is 13.5. The largest absolute Gasteiger partial charge is 0.465 e. The van der Waals surface area contributed by atoms with Crippen molar-refractivity contribution in [2.45, 2.75) is 32.2 Å². The third-order valence-electron chi connectivity index (χ3n) is 5.36. The molecule has 138 valence electrons. The minimum absolute atomic E-state index is 0.0573. The molecule has 0 atom stereocenters. The topological polar surface area (TPSA) is 71.2 Å². The lowest BCUT2D eigenvalue weighted by Crippen LogP contribution is -2.63. The maximum atomic E-state index is 13.7. The predicted octanol–water partition coefficient (Wildman–Crippen LogP) is 4.11. The van der Waals surface area contributed by atoms with Gasteiger partial charge in [-0.3, -0.25) is 9.67 Å². The molecule has 0 aromatic carbocycles. The van der Waals surface area contributed by atoms with E-state index in [2.05, 4.69) is 10.1 Å². The number of rotatable bonds is 3. The Bertz CT molecular complexity index is 872. The Hall–Kier alpha value is -1.78. The molecular formula is C17H17F2IN4O2. The van der Waals surface area contributed by atoms with Crippen LogP contribution in [0.4, 0.5) is 13.6 Å².